The fraction of sp³-hybridized carbons (Fsp3) is 0.421. The smallest absolute Gasteiger partial charge is 0.317 e. The maximum atomic E-state index is 12.9. The largest absolute Gasteiger partial charge is 0.338 e. The Kier molecular flexibility index (Phi) is 6.18. The summed E-state index contributed by atoms with van der Waals surface area (Å²) in [6.45, 7) is 5.70. The van der Waals surface area contributed by atoms with Gasteiger partial charge < -0.3 is 10.2 Å². The second-order valence-electron chi connectivity index (χ2n) is 6.72. The van der Waals surface area contributed by atoms with Crippen LogP contribution in [0.1, 0.15) is 16.0 Å². The summed E-state index contributed by atoms with van der Waals surface area (Å²) < 4.78 is 27.4. The van der Waals surface area contributed by atoms with Gasteiger partial charge in [0.1, 0.15) is 0 Å². The average Bonchev–Trinajstić information content (AvgIpc) is 3.17. The summed E-state index contributed by atoms with van der Waals surface area (Å²) in [7, 11) is -3.53. The second kappa shape index (κ2) is 8.41. The lowest BCUT2D eigenvalue weighted by atomic mass is 10.2. The Bertz CT molecular complexity index is 887. The first kappa shape index (κ1) is 19.9. The topological polar surface area (TPSA) is 69.7 Å². The van der Waals surface area contributed by atoms with E-state index in [1.54, 1.807) is 22.3 Å². The maximum absolute atomic E-state index is 12.9. The summed E-state index contributed by atoms with van der Waals surface area (Å²) in [6.07, 6.45) is 0.810. The van der Waals surface area contributed by atoms with Crippen LogP contribution in [0.2, 0.25) is 0 Å². The van der Waals surface area contributed by atoms with Gasteiger partial charge in [-0.2, -0.15) is 4.31 Å². The van der Waals surface area contributed by atoms with Crippen molar-refractivity contribution in [3.05, 3.63) is 51.7 Å². The van der Waals surface area contributed by atoms with Crippen LogP contribution in [0.25, 0.3) is 0 Å². The van der Waals surface area contributed by atoms with Crippen molar-refractivity contribution in [2.45, 2.75) is 25.2 Å². The Morgan fingerprint density at radius 1 is 1.15 bits per heavy atom. The van der Waals surface area contributed by atoms with Crippen LogP contribution in [0, 0.1) is 13.8 Å². The Labute approximate surface area is 164 Å². The fourth-order valence-corrected chi connectivity index (χ4v) is 5.56. The van der Waals surface area contributed by atoms with Gasteiger partial charge in [0.05, 0.1) is 4.90 Å². The molecule has 0 unspecified atom stereocenters. The standard InChI is InChI=1S/C19H25N3O3S2/c1-15-5-6-16(2)18(14-15)27(24,25)22-11-9-21(10-12-22)19(23)20-8-7-17-4-3-13-26-17/h3-6,13-14H,7-12H2,1-2H3,(H,20,23). The van der Waals surface area contributed by atoms with E-state index in [2.05, 4.69) is 5.32 Å². The van der Waals surface area contributed by atoms with Gasteiger partial charge in [0.15, 0.2) is 0 Å². The SMILES string of the molecule is Cc1ccc(C)c(S(=O)(=O)N2CCN(C(=O)NCCc3cccs3)CC2)c1. The molecule has 2 heterocycles. The van der Waals surface area contributed by atoms with E-state index in [0.717, 1.165) is 17.5 Å². The van der Waals surface area contributed by atoms with E-state index in [-0.39, 0.29) is 6.03 Å². The summed E-state index contributed by atoms with van der Waals surface area (Å²) >= 11 is 1.67. The lowest BCUT2D eigenvalue weighted by Crippen LogP contribution is -2.53. The minimum absolute atomic E-state index is 0.129. The molecular formula is C19H25N3O3S2. The molecule has 6 nitrogen and oxygen atoms in total. The maximum Gasteiger partial charge on any atom is 0.317 e. The molecule has 1 aliphatic rings. The molecule has 0 atom stereocenters. The zero-order valence-corrected chi connectivity index (χ0v) is 17.3. The molecule has 1 aliphatic heterocycles. The molecular weight excluding hydrogens is 382 g/mol. The molecule has 8 heteroatoms. The van der Waals surface area contributed by atoms with E-state index in [1.807, 2.05) is 43.5 Å². The predicted octanol–water partition coefficient (Wildman–Crippen LogP) is 2.62. The number of urea groups is 1. The van der Waals surface area contributed by atoms with Crippen LogP contribution in [0.4, 0.5) is 4.79 Å². The van der Waals surface area contributed by atoms with Crippen molar-refractivity contribution in [3.63, 3.8) is 0 Å². The number of carbonyl (C=O) groups is 1. The molecule has 1 aromatic carbocycles. The molecule has 1 aromatic heterocycles. The van der Waals surface area contributed by atoms with Gasteiger partial charge in [-0.1, -0.05) is 18.2 Å². The minimum Gasteiger partial charge on any atom is -0.338 e. The molecule has 0 bridgehead atoms. The number of amides is 2. The monoisotopic (exact) mass is 407 g/mol. The molecule has 1 N–H and O–H groups in total. The molecule has 146 valence electrons. The molecule has 27 heavy (non-hydrogen) atoms. The number of nitrogens with one attached hydrogen (secondary N) is 1. The van der Waals surface area contributed by atoms with Crippen LogP contribution in [0.3, 0.4) is 0 Å². The first-order valence-electron chi connectivity index (χ1n) is 9.00. The van der Waals surface area contributed by atoms with Gasteiger partial charge in [0.25, 0.3) is 0 Å². The lowest BCUT2D eigenvalue weighted by molar-refractivity contribution is 0.172. The number of piperazine rings is 1. The van der Waals surface area contributed by atoms with Gasteiger partial charge in [0.2, 0.25) is 10.0 Å². The van der Waals surface area contributed by atoms with E-state index in [1.165, 1.54) is 9.18 Å². The molecule has 2 amide bonds. The average molecular weight is 408 g/mol. The van der Waals surface area contributed by atoms with Crippen LogP contribution in [-0.2, 0) is 16.4 Å². The van der Waals surface area contributed by atoms with Crippen LogP contribution in [0.5, 0.6) is 0 Å². The van der Waals surface area contributed by atoms with Gasteiger partial charge in [-0.25, -0.2) is 13.2 Å². The number of sulfonamides is 1. The van der Waals surface area contributed by atoms with Crippen molar-refractivity contribution in [2.75, 3.05) is 32.7 Å². The van der Waals surface area contributed by atoms with Crippen molar-refractivity contribution < 1.29 is 13.2 Å². The quantitative estimate of drug-likeness (QED) is 0.828. The minimum atomic E-state index is -3.53. The summed E-state index contributed by atoms with van der Waals surface area (Å²) in [5.74, 6) is 0. The Morgan fingerprint density at radius 2 is 1.89 bits per heavy atom. The highest BCUT2D eigenvalue weighted by Gasteiger charge is 2.31. The predicted molar refractivity (Wildman–Crippen MR) is 108 cm³/mol. The van der Waals surface area contributed by atoms with Crippen LogP contribution < -0.4 is 5.32 Å². The van der Waals surface area contributed by atoms with Crippen LogP contribution in [0.15, 0.2) is 40.6 Å². The molecule has 2 aromatic rings. The second-order valence-corrected chi connectivity index (χ2v) is 9.66. The van der Waals surface area contributed by atoms with Crippen molar-refractivity contribution >= 4 is 27.4 Å². The van der Waals surface area contributed by atoms with Gasteiger partial charge in [-0.15, -0.1) is 11.3 Å². The zero-order valence-electron chi connectivity index (χ0n) is 15.6. The zero-order chi connectivity index (χ0) is 19.4. The van der Waals surface area contributed by atoms with Crippen LogP contribution >= 0.6 is 11.3 Å². The first-order valence-corrected chi connectivity index (χ1v) is 11.3. The van der Waals surface area contributed by atoms with E-state index in [4.69, 9.17) is 0 Å². The lowest BCUT2D eigenvalue weighted by Gasteiger charge is -2.34. The van der Waals surface area contributed by atoms with E-state index >= 15 is 0 Å². The van der Waals surface area contributed by atoms with Crippen molar-refractivity contribution in [1.29, 1.82) is 0 Å². The van der Waals surface area contributed by atoms with Crippen LogP contribution in [-0.4, -0.2) is 56.4 Å². The van der Waals surface area contributed by atoms with E-state index < -0.39 is 10.0 Å². The third kappa shape index (κ3) is 4.69. The number of thiophene rings is 1. The number of aryl methyl sites for hydroxylation is 2. The Hall–Kier alpha value is -1.90. The number of carbonyl (C=O) groups excluding carboxylic acids is 1. The van der Waals surface area contributed by atoms with Gasteiger partial charge >= 0.3 is 6.03 Å². The van der Waals surface area contributed by atoms with Gasteiger partial charge in [-0.05, 0) is 48.9 Å². The molecule has 1 saturated heterocycles. The van der Waals surface area contributed by atoms with E-state index in [0.29, 0.717) is 37.6 Å². The van der Waals surface area contributed by atoms with Crippen molar-refractivity contribution in [1.82, 2.24) is 14.5 Å². The molecule has 0 aliphatic carbocycles. The van der Waals surface area contributed by atoms with Gasteiger partial charge in [0, 0.05) is 37.6 Å². The van der Waals surface area contributed by atoms with Crippen molar-refractivity contribution in [2.24, 2.45) is 0 Å². The highest BCUT2D eigenvalue weighted by Crippen LogP contribution is 2.22. The summed E-state index contributed by atoms with van der Waals surface area (Å²) in [6, 6.07) is 9.38. The number of hydrogen-bond donors (Lipinski definition) is 1. The Morgan fingerprint density at radius 3 is 2.56 bits per heavy atom. The summed E-state index contributed by atoms with van der Waals surface area (Å²) in [5.41, 5.74) is 1.66. The highest BCUT2D eigenvalue weighted by atomic mass is 32.2. The van der Waals surface area contributed by atoms with E-state index in [9.17, 15) is 13.2 Å². The number of benzene rings is 1. The Balaban J connectivity index is 1.54. The van der Waals surface area contributed by atoms with Crippen molar-refractivity contribution in [3.8, 4) is 0 Å². The number of hydrogen-bond acceptors (Lipinski definition) is 4. The molecule has 0 spiro atoms. The first-order chi connectivity index (χ1) is 12.9. The molecule has 3 rings (SSSR count). The fourth-order valence-electron chi connectivity index (χ4n) is 3.12. The number of rotatable bonds is 5. The normalized spacial score (nSPS) is 15.7. The molecule has 0 saturated carbocycles. The molecule has 0 radical (unpaired) electrons. The van der Waals surface area contributed by atoms with Gasteiger partial charge in [-0.3, -0.25) is 0 Å². The summed E-state index contributed by atoms with van der Waals surface area (Å²) in [5, 5.41) is 4.94. The number of nitrogens with zero attached hydrogens (tertiary/aromatic N) is 2. The molecule has 1 fully saturated rings. The third-order valence-electron chi connectivity index (χ3n) is 4.72. The highest BCUT2D eigenvalue weighted by molar-refractivity contribution is 7.89. The third-order valence-corrected chi connectivity index (χ3v) is 7.69. The summed E-state index contributed by atoms with van der Waals surface area (Å²) in [4.78, 5) is 15.6.